The van der Waals surface area contributed by atoms with Crippen molar-refractivity contribution in [3.8, 4) is 34.6 Å². The molecule has 3 heterocycles. The molecule has 5 rings (SSSR count). The second kappa shape index (κ2) is 9.67. The number of carbonyl (C=O) groups excluding carboxylic acids is 1. The van der Waals surface area contributed by atoms with Crippen molar-refractivity contribution in [2.45, 2.75) is 25.8 Å². The molecule has 1 aliphatic heterocycles. The third-order valence-electron chi connectivity index (χ3n) is 5.84. The molecular weight excluding hydrogens is 426 g/mol. The summed E-state index contributed by atoms with van der Waals surface area (Å²) < 4.78 is 5.92. The Morgan fingerprint density at radius 2 is 1.94 bits per heavy atom. The number of hydrogen-bond acceptors (Lipinski definition) is 5. The quantitative estimate of drug-likeness (QED) is 0.436. The van der Waals surface area contributed by atoms with Gasteiger partial charge < -0.3 is 15.0 Å². The van der Waals surface area contributed by atoms with Crippen LogP contribution in [0.25, 0.3) is 22.2 Å². The van der Waals surface area contributed by atoms with Gasteiger partial charge in [-0.15, -0.1) is 0 Å². The monoisotopic (exact) mass is 451 g/mol. The number of carbonyl (C=O) groups is 1. The lowest BCUT2D eigenvalue weighted by molar-refractivity contribution is -0.116. The molecular formula is C27H25N5O2. The fourth-order valence-electron chi connectivity index (χ4n) is 4.26. The van der Waals surface area contributed by atoms with E-state index in [0.29, 0.717) is 6.54 Å². The van der Waals surface area contributed by atoms with Crippen molar-refractivity contribution in [1.82, 2.24) is 20.5 Å². The third-order valence-corrected chi connectivity index (χ3v) is 5.84. The summed E-state index contributed by atoms with van der Waals surface area (Å²) in [5.74, 6) is 7.41. The lowest BCUT2D eigenvalue weighted by Gasteiger charge is -2.34. The van der Waals surface area contributed by atoms with Crippen molar-refractivity contribution in [2.24, 2.45) is 0 Å². The van der Waals surface area contributed by atoms with Gasteiger partial charge in [-0.3, -0.25) is 9.89 Å². The van der Waals surface area contributed by atoms with Crippen LogP contribution in [0.15, 0.2) is 66.9 Å². The highest BCUT2D eigenvalue weighted by atomic mass is 16.5. The lowest BCUT2D eigenvalue weighted by Crippen LogP contribution is -2.47. The number of benzene rings is 2. The van der Waals surface area contributed by atoms with Gasteiger partial charge in [0, 0.05) is 24.7 Å². The van der Waals surface area contributed by atoms with Crippen molar-refractivity contribution in [3.63, 3.8) is 0 Å². The molecule has 34 heavy (non-hydrogen) atoms. The van der Waals surface area contributed by atoms with Gasteiger partial charge in [-0.2, -0.15) is 5.10 Å². The Balaban J connectivity index is 1.40. The molecule has 4 aromatic rings. The normalized spacial score (nSPS) is 15.4. The number of nitrogens with zero attached hydrogens (tertiary/aromatic N) is 3. The molecule has 1 atom stereocenters. The van der Waals surface area contributed by atoms with Crippen LogP contribution in [0, 0.1) is 11.8 Å². The van der Waals surface area contributed by atoms with Crippen molar-refractivity contribution in [1.29, 1.82) is 0 Å². The van der Waals surface area contributed by atoms with Gasteiger partial charge in [-0.25, -0.2) is 4.98 Å². The predicted molar refractivity (Wildman–Crippen MR) is 133 cm³/mol. The van der Waals surface area contributed by atoms with Gasteiger partial charge in [0.15, 0.2) is 0 Å². The van der Waals surface area contributed by atoms with Crippen LogP contribution in [0.1, 0.15) is 19.8 Å². The largest absolute Gasteiger partial charge is 0.457 e. The van der Waals surface area contributed by atoms with Gasteiger partial charge >= 0.3 is 0 Å². The smallest absolute Gasteiger partial charge is 0.296 e. The minimum Gasteiger partial charge on any atom is -0.457 e. The van der Waals surface area contributed by atoms with Gasteiger partial charge in [-0.05, 0) is 68.2 Å². The maximum absolute atomic E-state index is 12.0. The predicted octanol–water partition coefficient (Wildman–Crippen LogP) is 4.53. The molecule has 1 amide bonds. The number of pyridine rings is 1. The summed E-state index contributed by atoms with van der Waals surface area (Å²) in [4.78, 5) is 19.2. The first-order valence-electron chi connectivity index (χ1n) is 11.4. The molecule has 170 valence electrons. The summed E-state index contributed by atoms with van der Waals surface area (Å²) in [7, 11) is 0. The number of anilines is 1. The van der Waals surface area contributed by atoms with E-state index in [2.05, 4.69) is 32.3 Å². The Hall–Kier alpha value is -4.31. The highest BCUT2D eigenvalue weighted by Crippen LogP contribution is 2.32. The number of para-hydroxylation sites is 1. The zero-order chi connectivity index (χ0) is 23.3. The number of aromatic amines is 1. The minimum absolute atomic E-state index is 0.0314. The Morgan fingerprint density at radius 3 is 2.74 bits per heavy atom. The molecule has 2 aromatic carbocycles. The zero-order valence-electron chi connectivity index (χ0n) is 18.9. The van der Waals surface area contributed by atoms with E-state index in [1.165, 1.54) is 0 Å². The van der Waals surface area contributed by atoms with Gasteiger partial charge in [0.2, 0.25) is 0 Å². The molecule has 0 saturated carbocycles. The zero-order valence-corrected chi connectivity index (χ0v) is 18.9. The van der Waals surface area contributed by atoms with Crippen LogP contribution in [0.2, 0.25) is 0 Å². The summed E-state index contributed by atoms with van der Waals surface area (Å²) >= 11 is 0. The maximum atomic E-state index is 12.0. The first kappa shape index (κ1) is 21.5. The summed E-state index contributed by atoms with van der Waals surface area (Å²) in [5.41, 5.74) is 2.76. The Kier molecular flexibility index (Phi) is 6.13. The maximum Gasteiger partial charge on any atom is 0.296 e. The highest BCUT2D eigenvalue weighted by molar-refractivity contribution is 5.94. The molecule has 1 fully saturated rings. The van der Waals surface area contributed by atoms with E-state index in [0.717, 1.165) is 58.9 Å². The molecule has 7 nitrogen and oxygen atoms in total. The molecule has 0 unspecified atom stereocenters. The summed E-state index contributed by atoms with van der Waals surface area (Å²) in [5, 5.41) is 11.3. The van der Waals surface area contributed by atoms with Gasteiger partial charge in [0.05, 0.1) is 22.8 Å². The number of piperidine rings is 1. The second-order valence-electron chi connectivity index (χ2n) is 8.24. The fraction of sp³-hybridized carbons (Fsp3) is 0.222. The van der Waals surface area contributed by atoms with Crippen molar-refractivity contribution >= 4 is 22.6 Å². The number of hydrogen-bond donors (Lipinski definition) is 2. The van der Waals surface area contributed by atoms with E-state index in [-0.39, 0.29) is 11.9 Å². The molecule has 0 spiro atoms. The van der Waals surface area contributed by atoms with Crippen LogP contribution >= 0.6 is 0 Å². The SMILES string of the molecule is CC#CC(=O)N[C@H]1CCCN(c2nc(-c3ccc(Oc4ccccc4)cc3)cc3[nH]ncc23)C1. The van der Waals surface area contributed by atoms with Crippen LogP contribution in [-0.2, 0) is 4.79 Å². The third kappa shape index (κ3) is 4.71. The molecule has 0 bridgehead atoms. The van der Waals surface area contributed by atoms with Crippen LogP contribution in [0.3, 0.4) is 0 Å². The Labute approximate surface area is 198 Å². The van der Waals surface area contributed by atoms with E-state index < -0.39 is 0 Å². The number of amides is 1. The fourth-order valence-corrected chi connectivity index (χ4v) is 4.26. The van der Waals surface area contributed by atoms with E-state index >= 15 is 0 Å². The first-order chi connectivity index (χ1) is 16.7. The number of rotatable bonds is 5. The number of H-pyrrole nitrogens is 1. The standard InChI is InChI=1S/C27H25N5O2/c1-2-7-26(33)29-20-8-6-15-32(18-20)27-23-17-28-31-25(23)16-24(30-27)19-11-13-22(14-12-19)34-21-9-4-3-5-10-21/h3-5,9-14,16-17,20H,6,8,15,18H2,1H3,(H,28,31)(H,29,33)/t20-/m0/s1. The number of ether oxygens (including phenoxy) is 1. The average molecular weight is 452 g/mol. The number of aromatic nitrogens is 3. The number of nitrogens with one attached hydrogen (secondary N) is 2. The topological polar surface area (TPSA) is 83.1 Å². The summed E-state index contributed by atoms with van der Waals surface area (Å²) in [6.45, 7) is 3.21. The van der Waals surface area contributed by atoms with E-state index in [1.807, 2.05) is 66.9 Å². The lowest BCUT2D eigenvalue weighted by atomic mass is 10.0. The Bertz CT molecular complexity index is 1350. The van der Waals surface area contributed by atoms with Crippen molar-refractivity contribution in [2.75, 3.05) is 18.0 Å². The molecule has 0 aliphatic carbocycles. The van der Waals surface area contributed by atoms with Gasteiger partial charge in [0.25, 0.3) is 5.91 Å². The highest BCUT2D eigenvalue weighted by Gasteiger charge is 2.24. The van der Waals surface area contributed by atoms with Crippen LogP contribution in [0.4, 0.5) is 5.82 Å². The van der Waals surface area contributed by atoms with E-state index in [1.54, 1.807) is 6.92 Å². The van der Waals surface area contributed by atoms with Crippen molar-refractivity contribution < 1.29 is 9.53 Å². The first-order valence-corrected chi connectivity index (χ1v) is 11.4. The molecule has 2 aromatic heterocycles. The molecule has 1 aliphatic rings. The number of fused-ring (bicyclic) bond motifs is 1. The van der Waals surface area contributed by atoms with Crippen LogP contribution in [0.5, 0.6) is 11.5 Å². The molecule has 2 N–H and O–H groups in total. The minimum atomic E-state index is -0.234. The molecule has 1 saturated heterocycles. The van der Waals surface area contributed by atoms with Crippen LogP contribution < -0.4 is 15.0 Å². The van der Waals surface area contributed by atoms with E-state index in [4.69, 9.17) is 9.72 Å². The van der Waals surface area contributed by atoms with Gasteiger partial charge in [0.1, 0.15) is 17.3 Å². The molecule has 7 heteroatoms. The van der Waals surface area contributed by atoms with Crippen LogP contribution in [-0.4, -0.2) is 40.2 Å². The van der Waals surface area contributed by atoms with E-state index in [9.17, 15) is 4.79 Å². The summed E-state index contributed by atoms with van der Waals surface area (Å²) in [6.07, 6.45) is 3.69. The van der Waals surface area contributed by atoms with Crippen molar-refractivity contribution in [3.05, 3.63) is 66.9 Å². The second-order valence-corrected chi connectivity index (χ2v) is 8.24. The Morgan fingerprint density at radius 1 is 1.15 bits per heavy atom. The summed E-state index contributed by atoms with van der Waals surface area (Å²) in [6, 6.07) is 19.7. The molecule has 0 radical (unpaired) electrons. The average Bonchev–Trinajstić information content (AvgIpc) is 3.34. The van der Waals surface area contributed by atoms with Gasteiger partial charge in [-0.1, -0.05) is 24.1 Å².